The number of hydrogen-bond donors (Lipinski definition) is 4. The first kappa shape index (κ1) is 140. The first-order valence-electron chi connectivity index (χ1n) is 36.2. The molecule has 11 rings (SSSR count). The Morgan fingerprint density at radius 3 is 0.697 bits per heavy atom. The van der Waals surface area contributed by atoms with Crippen LogP contribution in [0.2, 0.25) is 0 Å². The van der Waals surface area contributed by atoms with Crippen molar-refractivity contribution in [3.8, 4) is 63.2 Å². The normalized spacial score (nSPS) is 9.30. The number of carbonyl (C=O) groups is 2. The van der Waals surface area contributed by atoms with Crippen LogP contribution in [-0.4, -0.2) is 166 Å². The Morgan fingerprint density at radius 2 is 0.515 bits per heavy atom. The van der Waals surface area contributed by atoms with E-state index < -0.39 is 20.1 Å². The zero-order chi connectivity index (χ0) is 90.5. The molecule has 724 valence electrons. The molecule has 0 fully saturated rings. The summed E-state index contributed by atoms with van der Waals surface area (Å²) in [5.74, 6) is 9.84. The van der Waals surface area contributed by atoms with E-state index in [1.165, 1.54) is 24.8 Å². The van der Waals surface area contributed by atoms with E-state index in [0.717, 1.165) is 70.8 Å². The summed E-state index contributed by atoms with van der Waals surface area (Å²) < 4.78 is 76.6. The molecule has 0 bridgehead atoms. The standard InChI is InChI=1S/C18H22N2O4.C14H16N2O3.C13H13ClN2O2.C13H14N2O3.C10H14N2O3.C8H9ClO.C6H8N2O2.CH4O.CH3O.7CH4.Cl2OS.2Na.H2O/c1-18(2,3)17(21)24-12-16-19-9-15(10-20-16)23-11-13-5-7-14(22-4)8-6-13;1-17-10-14-15-7-13(8-16-14)19-9-11-3-5-12(18-2)6-4-11;1-17-11-4-2-10(3-5-11)9-18-12-7-15-13(6-14)16-8-12;1-17-11-4-2-10(3-5-11)9-18-12-6-14-13(8-16)15-7-12;1-10(2,3)9(14)15-6-8-11-4-7(13)5-12-8;1-10-8-4-2-7(6-9)3-5-8;1-10-4-6-7-2-5(9)3-8-6;2*1-2;;;;;;;;1-4(2)3;;;/h5-10H,11-12H2,1-4H3;3-8H,9-10H2,1-2H3;2-5,7-8H,6,9H2,1H3;2-7,16H,8-9H2,1H3;4-5,13H,6H2,1-3H3;2-5H,6H2,1H3;2-3,9H,4H2,1H3;2H,1H3;1H3;7*1H4;;;;1H2/q;;;;;;;;-1;;;;;;;;;2*+1;/p-1. The number of alkyl halides is 2. The van der Waals surface area contributed by atoms with Crippen LogP contribution in [0.25, 0.3) is 0 Å². The summed E-state index contributed by atoms with van der Waals surface area (Å²) in [4.78, 5) is 70.7. The maximum Gasteiger partial charge on any atom is 1.00 e. The molecule has 0 amide bonds. The van der Waals surface area contributed by atoms with Crippen molar-refractivity contribution in [1.82, 2.24) is 59.8 Å². The number of halogens is 4. The van der Waals surface area contributed by atoms with Crippen LogP contribution in [0.4, 0.5) is 0 Å². The van der Waals surface area contributed by atoms with Gasteiger partial charge in [0.1, 0.15) is 80.8 Å². The monoisotopic (exact) mass is 1960 g/mol. The van der Waals surface area contributed by atoms with Gasteiger partial charge in [-0.3, -0.25) is 9.59 Å². The topological polar surface area (TPSA) is 460 Å². The van der Waals surface area contributed by atoms with Crippen molar-refractivity contribution in [2.75, 3.05) is 64.0 Å². The molecule has 132 heavy (non-hydrogen) atoms. The van der Waals surface area contributed by atoms with Gasteiger partial charge in [-0.25, -0.2) is 64.0 Å². The quantitative estimate of drug-likeness (QED) is 0.0153. The minimum absolute atomic E-state index is 0. The fourth-order valence-corrected chi connectivity index (χ4v) is 8.35. The van der Waals surface area contributed by atoms with E-state index in [1.54, 1.807) is 141 Å². The van der Waals surface area contributed by atoms with Gasteiger partial charge in [0.05, 0.1) is 127 Å². The van der Waals surface area contributed by atoms with Gasteiger partial charge in [-0.15, -0.1) is 23.2 Å². The van der Waals surface area contributed by atoms with E-state index in [9.17, 15) is 9.59 Å². The molecule has 0 spiro atoms. The van der Waals surface area contributed by atoms with Gasteiger partial charge < -0.3 is 92.6 Å². The van der Waals surface area contributed by atoms with Crippen LogP contribution < -0.4 is 107 Å². The zero-order valence-corrected chi connectivity index (χ0v) is 80.6. The molecule has 0 aliphatic heterocycles. The second-order valence-corrected chi connectivity index (χ2v) is 28.6. The van der Waals surface area contributed by atoms with Crippen molar-refractivity contribution in [3.05, 3.63) is 258 Å². The molecule has 0 saturated carbocycles. The molecular weight excluding hydrogens is 1830 g/mol. The number of aliphatic hydroxyl groups excluding tert-OH is 2. The van der Waals surface area contributed by atoms with E-state index in [2.05, 4.69) is 81.2 Å². The van der Waals surface area contributed by atoms with Crippen LogP contribution >= 0.6 is 44.6 Å². The second kappa shape index (κ2) is 83.2. The fraction of sp³-hybridized carbons (Fsp3) is 0.385. The van der Waals surface area contributed by atoms with Crippen LogP contribution in [0.5, 0.6) is 63.2 Å². The molecule has 0 aliphatic carbocycles. The minimum atomic E-state index is -1.67. The summed E-state index contributed by atoms with van der Waals surface area (Å²) in [6, 6.07) is 38.3. The zero-order valence-electron chi connectivity index (χ0n) is 72.7. The van der Waals surface area contributed by atoms with Crippen molar-refractivity contribution in [1.29, 1.82) is 0 Å². The maximum absolute atomic E-state index is 11.7. The smallest absolute Gasteiger partial charge is 0.870 e. The predicted molar refractivity (Wildman–Crippen MR) is 506 cm³/mol. The van der Waals surface area contributed by atoms with Crippen LogP contribution in [-0.2, 0) is 109 Å². The van der Waals surface area contributed by atoms with Gasteiger partial charge in [0.25, 0.3) is 0 Å². The molecule has 34 nitrogen and oxygen atoms in total. The molecule has 5 N–H and O–H groups in total. The molecule has 41 heteroatoms. The van der Waals surface area contributed by atoms with Crippen LogP contribution in [0, 0.1) is 10.8 Å². The van der Waals surface area contributed by atoms with Gasteiger partial charge in [-0.05, 0) is 130 Å². The molecule has 0 radical (unpaired) electrons. The van der Waals surface area contributed by atoms with E-state index in [-0.39, 0.29) is 160 Å². The molecule has 0 atom stereocenters. The Balaban J connectivity index is -0.000000189. The Labute approximate surface area is 845 Å². The van der Waals surface area contributed by atoms with Crippen LogP contribution in [0.15, 0.2) is 196 Å². The average molecular weight is 1970 g/mol. The summed E-state index contributed by atoms with van der Waals surface area (Å²) in [5.41, 5.74) is 4.20. The third-order valence-electron chi connectivity index (χ3n) is 14.4. The van der Waals surface area contributed by atoms with Crippen molar-refractivity contribution in [2.45, 2.75) is 165 Å². The molecule has 11 aromatic rings. The molecule has 0 aliphatic rings. The third-order valence-corrected chi connectivity index (χ3v) is 14.9. The van der Waals surface area contributed by atoms with Gasteiger partial charge in [-0.1, -0.05) is 113 Å². The molecule has 0 unspecified atom stereocenters. The number of esters is 2. The summed E-state index contributed by atoms with van der Waals surface area (Å²) in [6.07, 6.45) is 17.9. The Bertz CT molecular complexity index is 4380. The summed E-state index contributed by atoms with van der Waals surface area (Å²) >= 11 is 11.2. The minimum Gasteiger partial charge on any atom is -0.870 e. The largest absolute Gasteiger partial charge is 1.00 e. The van der Waals surface area contributed by atoms with E-state index in [1.807, 2.05) is 121 Å². The molecular formula is C91H132Cl4N12Na2O22S. The summed E-state index contributed by atoms with van der Waals surface area (Å²) in [6.45, 7) is 13.2. The summed E-state index contributed by atoms with van der Waals surface area (Å²) in [7, 11) is 20.5. The Hall–Kier alpha value is -9.61. The molecule has 5 aromatic carbocycles. The van der Waals surface area contributed by atoms with Crippen molar-refractivity contribution in [2.24, 2.45) is 10.8 Å². The predicted octanol–water partition coefficient (Wildman–Crippen LogP) is 11.7. The molecule has 6 heterocycles. The van der Waals surface area contributed by atoms with Gasteiger partial charge in [0.2, 0.25) is 9.23 Å². The number of aromatic hydroxyl groups is 2. The second-order valence-electron chi connectivity index (χ2n) is 25.6. The Morgan fingerprint density at radius 1 is 0.326 bits per heavy atom. The van der Waals surface area contributed by atoms with Crippen LogP contribution in [0.1, 0.15) is 156 Å². The van der Waals surface area contributed by atoms with Crippen molar-refractivity contribution < 1.29 is 166 Å². The van der Waals surface area contributed by atoms with E-state index in [0.29, 0.717) is 109 Å². The number of ether oxygens (including phenoxy) is 13. The van der Waals surface area contributed by atoms with E-state index in [4.69, 9.17) is 115 Å². The number of methoxy groups -OCH3 is 7. The third kappa shape index (κ3) is 63.5. The van der Waals surface area contributed by atoms with Crippen molar-refractivity contribution in [3.63, 3.8) is 0 Å². The Kier molecular flexibility index (Phi) is 88.4. The maximum atomic E-state index is 11.7. The molecule has 0 saturated heterocycles. The first-order valence-corrected chi connectivity index (χ1v) is 40.1. The van der Waals surface area contributed by atoms with Gasteiger partial charge in [0, 0.05) is 48.6 Å². The molecule has 6 aromatic heterocycles. The number of aromatic nitrogens is 12. The summed E-state index contributed by atoms with van der Waals surface area (Å²) in [5, 5.41) is 41.7. The number of hydrogen-bond acceptors (Lipinski definition) is 34. The van der Waals surface area contributed by atoms with Gasteiger partial charge >= 0.3 is 71.1 Å². The SMILES string of the molecule is C.C.C.C.C.C.C.CC(C)(C)C(=O)OCc1ncc(O)cn1.CO.COCc1ncc(O)cn1.COCc1ncc(OCc2ccc(OC)cc2)cn1.COc1ccc(CCl)cc1.COc1ccc(COc2cnc(CCl)nc2)cc1.COc1ccc(COc2cnc(CO)nc2)cc1.COc1ccc(COc2cnc(COC(=O)C(C)(C)C)nc2)cc1.C[O-].O=S(Cl)Cl.[Na+].[Na+].[OH-]. The number of aliphatic hydroxyl groups is 2. The van der Waals surface area contributed by atoms with Crippen LogP contribution in [0.3, 0.4) is 0 Å². The number of carbonyl (C=O) groups excluding carboxylic acids is 2. The number of rotatable bonds is 28. The number of nitrogens with zero attached hydrogens (tertiary/aromatic N) is 12. The van der Waals surface area contributed by atoms with Gasteiger partial charge in [-0.2, -0.15) is 7.11 Å². The van der Waals surface area contributed by atoms with E-state index >= 15 is 0 Å². The van der Waals surface area contributed by atoms with Gasteiger partial charge in [0.15, 0.2) is 76.8 Å². The fourth-order valence-electron chi connectivity index (χ4n) is 8.03. The van der Waals surface area contributed by atoms with Crippen molar-refractivity contribution >= 4 is 65.7 Å². The average Bonchev–Trinajstić information content (AvgIpc) is 0.894. The number of benzene rings is 5. The first-order chi connectivity index (χ1) is 58.6.